The molecule has 0 atom stereocenters. The Morgan fingerprint density at radius 3 is 2.89 bits per heavy atom. The molecule has 98 valence electrons. The van der Waals surface area contributed by atoms with Gasteiger partial charge in [0.15, 0.2) is 10.8 Å². The molecular weight excluding hydrogens is 310 g/mol. The first-order valence-corrected chi connectivity index (χ1v) is 8.59. The molecule has 0 aliphatic carbocycles. The number of aromatic nitrogens is 2. The SMILES string of the molecule is CCC1CCN(c2nc3sccn3c2CBr)CC1. The summed E-state index contributed by atoms with van der Waals surface area (Å²) < 4.78 is 2.21. The van der Waals surface area contributed by atoms with E-state index in [1.165, 1.54) is 30.8 Å². The number of nitrogens with zero attached hydrogens (tertiary/aromatic N) is 3. The monoisotopic (exact) mass is 327 g/mol. The van der Waals surface area contributed by atoms with Gasteiger partial charge in [-0.3, -0.25) is 4.40 Å². The van der Waals surface area contributed by atoms with Crippen molar-refractivity contribution in [2.24, 2.45) is 5.92 Å². The van der Waals surface area contributed by atoms with E-state index in [9.17, 15) is 0 Å². The predicted molar refractivity (Wildman–Crippen MR) is 80.9 cm³/mol. The third kappa shape index (κ3) is 2.07. The van der Waals surface area contributed by atoms with Crippen LogP contribution in [0.15, 0.2) is 11.6 Å². The summed E-state index contributed by atoms with van der Waals surface area (Å²) >= 11 is 5.31. The summed E-state index contributed by atoms with van der Waals surface area (Å²) in [6.45, 7) is 4.61. The summed E-state index contributed by atoms with van der Waals surface area (Å²) in [4.78, 5) is 8.36. The molecule has 5 heteroatoms. The molecular formula is C13H18BrN3S. The van der Waals surface area contributed by atoms with E-state index >= 15 is 0 Å². The second-order valence-electron chi connectivity index (χ2n) is 4.91. The highest BCUT2D eigenvalue weighted by Gasteiger charge is 2.23. The van der Waals surface area contributed by atoms with Crippen LogP contribution in [0.3, 0.4) is 0 Å². The van der Waals surface area contributed by atoms with Crippen LogP contribution in [0.1, 0.15) is 31.9 Å². The van der Waals surface area contributed by atoms with Crippen molar-refractivity contribution in [1.29, 1.82) is 0 Å². The maximum atomic E-state index is 4.80. The molecule has 1 aliphatic heterocycles. The lowest BCUT2D eigenvalue weighted by Gasteiger charge is -2.32. The number of halogens is 1. The van der Waals surface area contributed by atoms with Crippen LogP contribution in [-0.4, -0.2) is 22.5 Å². The normalized spacial score (nSPS) is 17.8. The fourth-order valence-electron chi connectivity index (χ4n) is 2.75. The third-order valence-corrected chi connectivity index (χ3v) is 5.25. The van der Waals surface area contributed by atoms with Crippen LogP contribution in [0.25, 0.3) is 4.96 Å². The molecule has 0 bridgehead atoms. The van der Waals surface area contributed by atoms with E-state index in [0.29, 0.717) is 0 Å². The van der Waals surface area contributed by atoms with Crippen LogP contribution in [0.5, 0.6) is 0 Å². The number of alkyl halides is 1. The molecule has 3 nitrogen and oxygen atoms in total. The van der Waals surface area contributed by atoms with Gasteiger partial charge in [-0.05, 0) is 18.8 Å². The number of thiazole rings is 1. The minimum Gasteiger partial charge on any atom is -0.355 e. The third-order valence-electron chi connectivity index (χ3n) is 3.96. The number of anilines is 1. The number of imidazole rings is 1. The number of hydrogen-bond acceptors (Lipinski definition) is 3. The van der Waals surface area contributed by atoms with E-state index in [4.69, 9.17) is 4.98 Å². The Labute approximate surface area is 120 Å². The maximum Gasteiger partial charge on any atom is 0.195 e. The summed E-state index contributed by atoms with van der Waals surface area (Å²) in [7, 11) is 0. The van der Waals surface area contributed by atoms with Crippen molar-refractivity contribution in [3.8, 4) is 0 Å². The van der Waals surface area contributed by atoms with E-state index < -0.39 is 0 Å². The van der Waals surface area contributed by atoms with Gasteiger partial charge in [0.1, 0.15) is 0 Å². The molecule has 2 aromatic heterocycles. The van der Waals surface area contributed by atoms with Gasteiger partial charge in [0.05, 0.1) is 5.69 Å². The van der Waals surface area contributed by atoms with Crippen LogP contribution in [0, 0.1) is 5.92 Å². The Morgan fingerprint density at radius 2 is 2.22 bits per heavy atom. The number of rotatable bonds is 3. The molecule has 0 N–H and O–H groups in total. The zero-order valence-corrected chi connectivity index (χ0v) is 13.0. The number of hydrogen-bond donors (Lipinski definition) is 0. The van der Waals surface area contributed by atoms with Crippen molar-refractivity contribution in [3.05, 3.63) is 17.3 Å². The van der Waals surface area contributed by atoms with Gasteiger partial charge in [0, 0.05) is 30.0 Å². The van der Waals surface area contributed by atoms with Gasteiger partial charge in [0.2, 0.25) is 0 Å². The molecule has 1 saturated heterocycles. The Hall–Kier alpha value is -0.550. The Balaban J connectivity index is 1.87. The molecule has 0 radical (unpaired) electrons. The molecule has 0 unspecified atom stereocenters. The summed E-state index contributed by atoms with van der Waals surface area (Å²) in [6.07, 6.45) is 6.05. The molecule has 1 fully saturated rings. The van der Waals surface area contributed by atoms with Crippen LogP contribution in [0.4, 0.5) is 5.82 Å². The minimum absolute atomic E-state index is 0.869. The second-order valence-corrected chi connectivity index (χ2v) is 6.34. The van der Waals surface area contributed by atoms with E-state index in [-0.39, 0.29) is 0 Å². The smallest absolute Gasteiger partial charge is 0.195 e. The summed E-state index contributed by atoms with van der Waals surface area (Å²) in [6, 6.07) is 0. The quantitative estimate of drug-likeness (QED) is 0.796. The van der Waals surface area contributed by atoms with Gasteiger partial charge in [-0.15, -0.1) is 11.3 Å². The fraction of sp³-hybridized carbons (Fsp3) is 0.615. The lowest BCUT2D eigenvalue weighted by atomic mass is 9.94. The van der Waals surface area contributed by atoms with E-state index in [2.05, 4.69) is 43.7 Å². The van der Waals surface area contributed by atoms with Crippen LogP contribution in [-0.2, 0) is 5.33 Å². The first-order chi connectivity index (χ1) is 8.83. The van der Waals surface area contributed by atoms with Crippen molar-refractivity contribution in [1.82, 2.24) is 9.38 Å². The molecule has 2 aromatic rings. The van der Waals surface area contributed by atoms with Crippen molar-refractivity contribution in [2.75, 3.05) is 18.0 Å². The number of fused-ring (bicyclic) bond motifs is 1. The van der Waals surface area contributed by atoms with Gasteiger partial charge >= 0.3 is 0 Å². The zero-order valence-electron chi connectivity index (χ0n) is 10.6. The van der Waals surface area contributed by atoms with Crippen molar-refractivity contribution >= 4 is 38.0 Å². The van der Waals surface area contributed by atoms with E-state index in [1.54, 1.807) is 11.3 Å². The zero-order chi connectivity index (χ0) is 12.5. The summed E-state index contributed by atoms with van der Waals surface area (Å²) in [5.41, 5.74) is 1.29. The van der Waals surface area contributed by atoms with Gasteiger partial charge in [-0.2, -0.15) is 0 Å². The molecule has 18 heavy (non-hydrogen) atoms. The molecule has 0 aromatic carbocycles. The lowest BCUT2D eigenvalue weighted by Crippen LogP contribution is -2.34. The van der Waals surface area contributed by atoms with Gasteiger partial charge in [0.25, 0.3) is 0 Å². The average Bonchev–Trinajstić information content (AvgIpc) is 2.98. The minimum atomic E-state index is 0.869. The first-order valence-electron chi connectivity index (χ1n) is 6.58. The van der Waals surface area contributed by atoms with Crippen molar-refractivity contribution in [2.45, 2.75) is 31.5 Å². The standard InChI is InChI=1S/C13H18BrN3S/c1-2-10-3-5-16(6-4-10)12-11(9-14)17-7-8-18-13(17)15-12/h7-8,10H,2-6,9H2,1H3. The predicted octanol–water partition coefficient (Wildman–Crippen LogP) is 3.92. The molecule has 3 rings (SSSR count). The molecule has 0 amide bonds. The lowest BCUT2D eigenvalue weighted by molar-refractivity contribution is 0.393. The topological polar surface area (TPSA) is 20.5 Å². The largest absolute Gasteiger partial charge is 0.355 e. The average molecular weight is 328 g/mol. The van der Waals surface area contributed by atoms with Gasteiger partial charge in [-0.1, -0.05) is 29.3 Å². The Kier molecular flexibility index (Phi) is 3.61. The van der Waals surface area contributed by atoms with E-state index in [0.717, 1.165) is 29.3 Å². The number of piperidine rings is 1. The Morgan fingerprint density at radius 1 is 1.44 bits per heavy atom. The first kappa shape index (κ1) is 12.5. The highest BCUT2D eigenvalue weighted by molar-refractivity contribution is 9.08. The summed E-state index contributed by atoms with van der Waals surface area (Å²) in [5.74, 6) is 2.10. The van der Waals surface area contributed by atoms with Crippen LogP contribution in [0.2, 0.25) is 0 Å². The molecule has 3 heterocycles. The second kappa shape index (κ2) is 5.21. The van der Waals surface area contributed by atoms with Gasteiger partial charge in [-0.25, -0.2) is 4.98 Å². The van der Waals surface area contributed by atoms with E-state index in [1.807, 2.05) is 0 Å². The van der Waals surface area contributed by atoms with Crippen molar-refractivity contribution < 1.29 is 0 Å². The van der Waals surface area contributed by atoms with Crippen LogP contribution < -0.4 is 4.90 Å². The maximum absolute atomic E-state index is 4.80. The Bertz CT molecular complexity index is 525. The molecule has 0 saturated carbocycles. The fourth-order valence-corrected chi connectivity index (χ4v) is 4.00. The van der Waals surface area contributed by atoms with Crippen LogP contribution >= 0.6 is 27.3 Å². The highest BCUT2D eigenvalue weighted by atomic mass is 79.9. The molecule has 1 aliphatic rings. The summed E-state index contributed by atoms with van der Waals surface area (Å²) in [5, 5.41) is 2.97. The van der Waals surface area contributed by atoms with Gasteiger partial charge < -0.3 is 4.90 Å². The highest BCUT2D eigenvalue weighted by Crippen LogP contribution is 2.30. The van der Waals surface area contributed by atoms with Crippen molar-refractivity contribution in [3.63, 3.8) is 0 Å². The molecule has 0 spiro atoms.